The van der Waals surface area contributed by atoms with Gasteiger partial charge in [-0.1, -0.05) is 69.0 Å². The molecule has 3 aromatic rings. The largest absolute Gasteiger partial charge is 0.355 e. The first-order valence-electron chi connectivity index (χ1n) is 11.8. The number of nitrogens with zero attached hydrogens (tertiary/aromatic N) is 2. The molecular formula is C27H28BrCl2N3O4S. The van der Waals surface area contributed by atoms with E-state index < -0.39 is 28.5 Å². The first-order valence-corrected chi connectivity index (χ1v) is 14.8. The van der Waals surface area contributed by atoms with Gasteiger partial charge in [-0.25, -0.2) is 8.42 Å². The molecule has 1 N–H and O–H groups in total. The standard InChI is InChI=1S/C27H28BrCl2N3O4S/c1-4-31-27(35)19(3)32(16-20-6-5-7-21(28)12-20)26(34)17-33(24-14-22(29)13-23(30)15-24)38(36,37)25-10-8-18(2)9-11-25/h5-15,19H,4,16-17H2,1-3H3,(H,31,35)/t19-/m1/s1. The van der Waals surface area contributed by atoms with Crippen molar-refractivity contribution in [2.45, 2.75) is 38.3 Å². The predicted molar refractivity (Wildman–Crippen MR) is 155 cm³/mol. The minimum Gasteiger partial charge on any atom is -0.355 e. The molecule has 0 heterocycles. The van der Waals surface area contributed by atoms with E-state index in [1.54, 1.807) is 26.0 Å². The number of halogens is 3. The van der Waals surface area contributed by atoms with Crippen molar-refractivity contribution in [2.24, 2.45) is 0 Å². The molecule has 0 unspecified atom stereocenters. The van der Waals surface area contributed by atoms with Gasteiger partial charge in [-0.15, -0.1) is 0 Å². The Morgan fingerprint density at radius 1 is 1.00 bits per heavy atom. The highest BCUT2D eigenvalue weighted by Gasteiger charge is 2.32. The van der Waals surface area contributed by atoms with E-state index in [-0.39, 0.29) is 33.1 Å². The summed E-state index contributed by atoms with van der Waals surface area (Å²) in [7, 11) is -4.21. The van der Waals surface area contributed by atoms with Gasteiger partial charge >= 0.3 is 0 Å². The van der Waals surface area contributed by atoms with Crippen molar-refractivity contribution in [2.75, 3.05) is 17.4 Å². The highest BCUT2D eigenvalue weighted by molar-refractivity contribution is 9.10. The molecule has 7 nitrogen and oxygen atoms in total. The molecule has 3 aromatic carbocycles. The van der Waals surface area contributed by atoms with Crippen LogP contribution < -0.4 is 9.62 Å². The first-order chi connectivity index (χ1) is 17.9. The number of sulfonamides is 1. The maximum absolute atomic E-state index is 13.8. The Labute approximate surface area is 241 Å². The fourth-order valence-electron chi connectivity index (χ4n) is 3.79. The van der Waals surface area contributed by atoms with E-state index in [9.17, 15) is 18.0 Å². The van der Waals surface area contributed by atoms with Gasteiger partial charge in [0.25, 0.3) is 10.0 Å². The lowest BCUT2D eigenvalue weighted by Gasteiger charge is -2.32. The second-order valence-electron chi connectivity index (χ2n) is 8.67. The van der Waals surface area contributed by atoms with E-state index in [0.717, 1.165) is 19.9 Å². The molecule has 202 valence electrons. The summed E-state index contributed by atoms with van der Waals surface area (Å²) < 4.78 is 29.4. The number of rotatable bonds is 10. The van der Waals surface area contributed by atoms with E-state index >= 15 is 0 Å². The molecule has 2 amide bonds. The fourth-order valence-corrected chi connectivity index (χ4v) is 6.15. The molecule has 0 aromatic heterocycles. The Bertz CT molecular complexity index is 1400. The number of aryl methyl sites for hydroxylation is 1. The number of hydrogen-bond donors (Lipinski definition) is 1. The molecule has 0 fully saturated rings. The summed E-state index contributed by atoms with van der Waals surface area (Å²) in [6, 6.07) is 17.1. The topological polar surface area (TPSA) is 86.8 Å². The van der Waals surface area contributed by atoms with Crippen molar-refractivity contribution in [3.63, 3.8) is 0 Å². The summed E-state index contributed by atoms with van der Waals surface area (Å²) >= 11 is 15.8. The van der Waals surface area contributed by atoms with Gasteiger partial charge in [0.2, 0.25) is 11.8 Å². The van der Waals surface area contributed by atoms with Crippen molar-refractivity contribution in [3.05, 3.63) is 92.4 Å². The van der Waals surface area contributed by atoms with Crippen LogP contribution in [0.1, 0.15) is 25.0 Å². The third-order valence-corrected chi connectivity index (χ3v) is 8.50. The minimum absolute atomic E-state index is 0.00214. The third-order valence-electron chi connectivity index (χ3n) is 5.78. The van der Waals surface area contributed by atoms with Crippen molar-refractivity contribution in [3.8, 4) is 0 Å². The molecule has 0 bridgehead atoms. The van der Waals surface area contributed by atoms with Crippen molar-refractivity contribution in [1.29, 1.82) is 0 Å². The van der Waals surface area contributed by atoms with E-state index in [0.29, 0.717) is 6.54 Å². The van der Waals surface area contributed by atoms with E-state index in [1.807, 2.05) is 31.2 Å². The summed E-state index contributed by atoms with van der Waals surface area (Å²) in [6.45, 7) is 5.13. The fraction of sp³-hybridized carbons (Fsp3) is 0.259. The molecule has 0 saturated heterocycles. The smallest absolute Gasteiger partial charge is 0.264 e. The lowest BCUT2D eigenvalue weighted by atomic mass is 10.1. The van der Waals surface area contributed by atoms with Crippen LogP contribution in [0.3, 0.4) is 0 Å². The lowest BCUT2D eigenvalue weighted by Crippen LogP contribution is -2.51. The summed E-state index contributed by atoms with van der Waals surface area (Å²) in [6.07, 6.45) is 0. The summed E-state index contributed by atoms with van der Waals surface area (Å²) in [5.74, 6) is -0.926. The Balaban J connectivity index is 2.07. The zero-order valence-corrected chi connectivity index (χ0v) is 25.0. The molecule has 38 heavy (non-hydrogen) atoms. The number of hydrogen-bond acceptors (Lipinski definition) is 4. The third kappa shape index (κ3) is 7.50. The Morgan fingerprint density at radius 2 is 1.63 bits per heavy atom. The van der Waals surface area contributed by atoms with Crippen LogP contribution in [0.25, 0.3) is 0 Å². The van der Waals surface area contributed by atoms with Crippen LogP contribution >= 0.6 is 39.1 Å². The van der Waals surface area contributed by atoms with Gasteiger partial charge in [-0.05, 0) is 68.8 Å². The van der Waals surface area contributed by atoms with Gasteiger partial charge in [0.1, 0.15) is 12.6 Å². The van der Waals surface area contributed by atoms with Crippen LogP contribution in [-0.2, 0) is 26.2 Å². The maximum Gasteiger partial charge on any atom is 0.264 e. The van der Waals surface area contributed by atoms with Crippen LogP contribution in [0.2, 0.25) is 10.0 Å². The van der Waals surface area contributed by atoms with E-state index in [4.69, 9.17) is 23.2 Å². The van der Waals surface area contributed by atoms with Crippen LogP contribution in [0, 0.1) is 6.92 Å². The number of carbonyl (C=O) groups excluding carboxylic acids is 2. The maximum atomic E-state index is 13.8. The number of anilines is 1. The van der Waals surface area contributed by atoms with Crippen LogP contribution in [-0.4, -0.2) is 44.3 Å². The zero-order chi connectivity index (χ0) is 28.0. The van der Waals surface area contributed by atoms with Gasteiger partial charge in [0.05, 0.1) is 10.6 Å². The summed E-state index contributed by atoms with van der Waals surface area (Å²) in [5, 5.41) is 3.16. The molecule has 0 aliphatic heterocycles. The van der Waals surface area contributed by atoms with Gasteiger partial charge in [0, 0.05) is 27.6 Å². The molecule has 0 aliphatic carbocycles. The molecular weight excluding hydrogens is 613 g/mol. The monoisotopic (exact) mass is 639 g/mol. The van der Waals surface area contributed by atoms with Gasteiger partial charge in [-0.2, -0.15) is 0 Å². The van der Waals surface area contributed by atoms with Crippen LogP contribution in [0.15, 0.2) is 76.1 Å². The van der Waals surface area contributed by atoms with Crippen LogP contribution in [0.5, 0.6) is 0 Å². The first kappa shape index (κ1) is 30.0. The molecule has 1 atom stereocenters. The second kappa shape index (κ2) is 13.0. The van der Waals surface area contributed by atoms with Gasteiger partial charge in [0.15, 0.2) is 0 Å². The SMILES string of the molecule is CCNC(=O)[C@@H](C)N(Cc1cccc(Br)c1)C(=O)CN(c1cc(Cl)cc(Cl)c1)S(=O)(=O)c1ccc(C)cc1. The molecule has 11 heteroatoms. The van der Waals surface area contributed by atoms with Crippen molar-refractivity contribution < 1.29 is 18.0 Å². The lowest BCUT2D eigenvalue weighted by molar-refractivity contribution is -0.139. The number of benzene rings is 3. The predicted octanol–water partition coefficient (Wildman–Crippen LogP) is 5.81. The summed E-state index contributed by atoms with van der Waals surface area (Å²) in [4.78, 5) is 28.0. The summed E-state index contributed by atoms with van der Waals surface area (Å²) in [5.41, 5.74) is 1.78. The average Bonchev–Trinajstić information content (AvgIpc) is 2.85. The second-order valence-corrected chi connectivity index (χ2v) is 12.3. The molecule has 0 spiro atoms. The average molecular weight is 641 g/mol. The van der Waals surface area contributed by atoms with Crippen molar-refractivity contribution in [1.82, 2.24) is 10.2 Å². The Hall–Kier alpha value is -2.59. The molecule has 0 saturated carbocycles. The zero-order valence-electron chi connectivity index (χ0n) is 21.1. The van der Waals surface area contributed by atoms with Gasteiger partial charge in [-0.3, -0.25) is 13.9 Å². The number of carbonyl (C=O) groups is 2. The molecule has 0 radical (unpaired) electrons. The molecule has 3 rings (SSSR count). The Kier molecular flexibility index (Phi) is 10.2. The Morgan fingerprint density at radius 3 is 2.21 bits per heavy atom. The minimum atomic E-state index is -4.21. The highest BCUT2D eigenvalue weighted by atomic mass is 79.9. The number of amides is 2. The van der Waals surface area contributed by atoms with Crippen molar-refractivity contribution >= 4 is 66.7 Å². The van der Waals surface area contributed by atoms with E-state index in [1.165, 1.54) is 35.2 Å². The van der Waals surface area contributed by atoms with E-state index in [2.05, 4.69) is 21.2 Å². The quantitative estimate of drug-likeness (QED) is 0.303. The highest BCUT2D eigenvalue weighted by Crippen LogP contribution is 2.30. The van der Waals surface area contributed by atoms with Gasteiger partial charge < -0.3 is 10.2 Å². The van der Waals surface area contributed by atoms with Crippen LogP contribution in [0.4, 0.5) is 5.69 Å². The normalized spacial score (nSPS) is 12.1. The number of nitrogens with one attached hydrogen (secondary N) is 1. The molecule has 0 aliphatic rings. The number of likely N-dealkylation sites (N-methyl/N-ethyl adjacent to an activating group) is 1.